The van der Waals surface area contributed by atoms with Crippen LogP contribution in [0, 0.1) is 0 Å². The van der Waals surface area contributed by atoms with Crippen LogP contribution < -0.4 is 0 Å². The van der Waals surface area contributed by atoms with E-state index in [1.165, 1.54) is 17.7 Å². The fraction of sp³-hybridized carbons (Fsp3) is 0.545. The highest BCUT2D eigenvalue weighted by atomic mass is 79.9. The Labute approximate surface area is 102 Å². The molecule has 0 aliphatic carbocycles. The highest BCUT2D eigenvalue weighted by Crippen LogP contribution is 2.24. The summed E-state index contributed by atoms with van der Waals surface area (Å²) in [5.41, 5.74) is 0. The number of nitrogens with zero attached hydrogens (tertiary/aromatic N) is 1. The van der Waals surface area contributed by atoms with Crippen LogP contribution in [0.1, 0.15) is 24.1 Å². The third-order valence-corrected chi connectivity index (χ3v) is 4.48. The molecule has 1 saturated heterocycles. The van der Waals surface area contributed by atoms with E-state index in [9.17, 15) is 4.79 Å². The van der Waals surface area contributed by atoms with Gasteiger partial charge in [0.15, 0.2) is 0 Å². The standard InChI is InChI=1S/C11H14BrNOS/c12-9-5-11(15-8-9)6-13-4-2-1-3-10(13)7-14/h5,7-8,10H,1-4,6H2. The summed E-state index contributed by atoms with van der Waals surface area (Å²) in [5.74, 6) is 0. The molecule has 1 aromatic heterocycles. The molecule has 0 amide bonds. The lowest BCUT2D eigenvalue weighted by atomic mass is 10.0. The summed E-state index contributed by atoms with van der Waals surface area (Å²) >= 11 is 5.20. The minimum absolute atomic E-state index is 0.139. The molecular formula is C11H14BrNOS. The number of carbonyl (C=O) groups is 1. The molecule has 4 heteroatoms. The molecule has 1 aliphatic heterocycles. The van der Waals surface area contributed by atoms with Crippen molar-refractivity contribution in [1.29, 1.82) is 0 Å². The monoisotopic (exact) mass is 287 g/mol. The zero-order valence-corrected chi connectivity index (χ0v) is 10.9. The molecule has 0 spiro atoms. The molecule has 1 unspecified atom stereocenters. The summed E-state index contributed by atoms with van der Waals surface area (Å²) in [6.45, 7) is 1.97. The number of hydrogen-bond donors (Lipinski definition) is 0. The third-order valence-electron chi connectivity index (χ3n) is 2.80. The zero-order valence-electron chi connectivity index (χ0n) is 8.49. The number of aldehydes is 1. The van der Waals surface area contributed by atoms with Gasteiger partial charge in [-0.2, -0.15) is 0 Å². The van der Waals surface area contributed by atoms with E-state index in [4.69, 9.17) is 0 Å². The first-order valence-electron chi connectivity index (χ1n) is 5.22. The minimum atomic E-state index is 0.139. The van der Waals surface area contributed by atoms with Crippen molar-refractivity contribution >= 4 is 33.6 Å². The number of thiophene rings is 1. The Morgan fingerprint density at radius 3 is 3.13 bits per heavy atom. The van der Waals surface area contributed by atoms with Gasteiger partial charge in [-0.1, -0.05) is 6.42 Å². The second-order valence-corrected chi connectivity index (χ2v) is 5.81. The third kappa shape index (κ3) is 2.89. The number of rotatable bonds is 3. The SMILES string of the molecule is O=CC1CCCCN1Cc1cc(Br)cs1. The summed E-state index contributed by atoms with van der Waals surface area (Å²) in [6, 6.07) is 2.28. The lowest BCUT2D eigenvalue weighted by molar-refractivity contribution is -0.113. The largest absolute Gasteiger partial charge is 0.302 e. The molecule has 2 nitrogen and oxygen atoms in total. The molecule has 1 aromatic rings. The van der Waals surface area contributed by atoms with Crippen LogP contribution in [0.3, 0.4) is 0 Å². The summed E-state index contributed by atoms with van der Waals surface area (Å²) < 4.78 is 1.14. The number of halogens is 1. The van der Waals surface area contributed by atoms with E-state index in [1.807, 2.05) is 0 Å². The van der Waals surface area contributed by atoms with Gasteiger partial charge in [0, 0.05) is 21.3 Å². The molecule has 2 heterocycles. The maximum absolute atomic E-state index is 10.9. The molecule has 0 bridgehead atoms. The number of piperidine rings is 1. The van der Waals surface area contributed by atoms with Crippen molar-refractivity contribution in [3.8, 4) is 0 Å². The minimum Gasteiger partial charge on any atom is -0.302 e. The van der Waals surface area contributed by atoms with E-state index in [2.05, 4.69) is 32.3 Å². The van der Waals surface area contributed by atoms with Gasteiger partial charge in [0.2, 0.25) is 0 Å². The quantitative estimate of drug-likeness (QED) is 0.797. The zero-order chi connectivity index (χ0) is 10.7. The first kappa shape index (κ1) is 11.3. The average molecular weight is 288 g/mol. The molecule has 2 rings (SSSR count). The van der Waals surface area contributed by atoms with Crippen LogP contribution in [-0.2, 0) is 11.3 Å². The molecule has 0 aromatic carbocycles. The molecule has 15 heavy (non-hydrogen) atoms. The summed E-state index contributed by atoms with van der Waals surface area (Å²) in [4.78, 5) is 14.5. The second kappa shape index (κ2) is 5.23. The normalized spacial score (nSPS) is 22.9. The van der Waals surface area contributed by atoms with E-state index in [0.29, 0.717) is 0 Å². The Bertz CT molecular complexity index is 339. The van der Waals surface area contributed by atoms with Crippen LogP contribution in [0.25, 0.3) is 0 Å². The summed E-state index contributed by atoms with van der Waals surface area (Å²) in [6.07, 6.45) is 4.53. The van der Waals surface area contributed by atoms with Gasteiger partial charge in [0.25, 0.3) is 0 Å². The molecule has 0 N–H and O–H groups in total. The van der Waals surface area contributed by atoms with Crippen molar-refractivity contribution in [2.45, 2.75) is 31.8 Å². The summed E-state index contributed by atoms with van der Waals surface area (Å²) in [7, 11) is 0. The van der Waals surface area contributed by atoms with Crippen LogP contribution in [0.5, 0.6) is 0 Å². The first-order chi connectivity index (χ1) is 7.29. The van der Waals surface area contributed by atoms with Crippen molar-refractivity contribution in [1.82, 2.24) is 4.90 Å². The maximum Gasteiger partial charge on any atom is 0.137 e. The fourth-order valence-corrected chi connectivity index (χ4v) is 3.48. The highest BCUT2D eigenvalue weighted by molar-refractivity contribution is 9.10. The van der Waals surface area contributed by atoms with Crippen LogP contribution >= 0.6 is 27.3 Å². The molecule has 1 atom stereocenters. The number of carbonyl (C=O) groups excluding carboxylic acids is 1. The van der Waals surface area contributed by atoms with Gasteiger partial charge in [-0.3, -0.25) is 4.90 Å². The molecule has 0 saturated carbocycles. The van der Waals surface area contributed by atoms with Gasteiger partial charge >= 0.3 is 0 Å². The predicted molar refractivity (Wildman–Crippen MR) is 66.1 cm³/mol. The van der Waals surface area contributed by atoms with Crippen molar-refractivity contribution in [2.24, 2.45) is 0 Å². The van der Waals surface area contributed by atoms with Crippen LogP contribution in [-0.4, -0.2) is 23.8 Å². The van der Waals surface area contributed by atoms with Gasteiger partial charge in [-0.15, -0.1) is 11.3 Å². The topological polar surface area (TPSA) is 20.3 Å². The van der Waals surface area contributed by atoms with Crippen molar-refractivity contribution < 1.29 is 4.79 Å². The first-order valence-corrected chi connectivity index (χ1v) is 6.89. The Hall–Kier alpha value is -0.190. The van der Waals surface area contributed by atoms with Gasteiger partial charge in [0.05, 0.1) is 6.04 Å². The van der Waals surface area contributed by atoms with Crippen LogP contribution in [0.4, 0.5) is 0 Å². The van der Waals surface area contributed by atoms with Gasteiger partial charge in [-0.05, 0) is 41.4 Å². The Morgan fingerprint density at radius 1 is 1.60 bits per heavy atom. The molecule has 82 valence electrons. The Balaban J connectivity index is 2.00. The van der Waals surface area contributed by atoms with Crippen molar-refractivity contribution in [2.75, 3.05) is 6.54 Å². The number of hydrogen-bond acceptors (Lipinski definition) is 3. The van der Waals surface area contributed by atoms with Crippen molar-refractivity contribution in [3.63, 3.8) is 0 Å². The average Bonchev–Trinajstić information content (AvgIpc) is 2.65. The highest BCUT2D eigenvalue weighted by Gasteiger charge is 2.21. The van der Waals surface area contributed by atoms with Crippen LogP contribution in [0.15, 0.2) is 15.9 Å². The Morgan fingerprint density at radius 2 is 2.47 bits per heavy atom. The summed E-state index contributed by atoms with van der Waals surface area (Å²) in [5, 5.41) is 2.09. The lowest BCUT2D eigenvalue weighted by Crippen LogP contribution is -2.39. The number of likely N-dealkylation sites (tertiary alicyclic amines) is 1. The molecule has 1 fully saturated rings. The van der Waals surface area contributed by atoms with E-state index < -0.39 is 0 Å². The molecule has 0 radical (unpaired) electrons. The van der Waals surface area contributed by atoms with Gasteiger partial charge in [0.1, 0.15) is 6.29 Å². The van der Waals surface area contributed by atoms with E-state index in [-0.39, 0.29) is 6.04 Å². The maximum atomic E-state index is 10.9. The lowest BCUT2D eigenvalue weighted by Gasteiger charge is -2.31. The predicted octanol–water partition coefficient (Wildman–Crippen LogP) is 3.06. The van der Waals surface area contributed by atoms with Gasteiger partial charge in [-0.25, -0.2) is 0 Å². The molecule has 1 aliphatic rings. The van der Waals surface area contributed by atoms with E-state index in [0.717, 1.165) is 30.3 Å². The second-order valence-electron chi connectivity index (χ2n) is 3.90. The van der Waals surface area contributed by atoms with Crippen LogP contribution in [0.2, 0.25) is 0 Å². The molecular weight excluding hydrogens is 274 g/mol. The van der Waals surface area contributed by atoms with Gasteiger partial charge < -0.3 is 4.79 Å². The van der Waals surface area contributed by atoms with E-state index >= 15 is 0 Å². The smallest absolute Gasteiger partial charge is 0.137 e. The van der Waals surface area contributed by atoms with E-state index in [1.54, 1.807) is 11.3 Å². The van der Waals surface area contributed by atoms with Crippen molar-refractivity contribution in [3.05, 3.63) is 20.8 Å². The fourth-order valence-electron chi connectivity index (χ4n) is 2.00. The Kier molecular flexibility index (Phi) is 3.94.